The van der Waals surface area contributed by atoms with Gasteiger partial charge in [-0.3, -0.25) is 19.1 Å². The van der Waals surface area contributed by atoms with Gasteiger partial charge in [-0.15, -0.1) is 0 Å². The van der Waals surface area contributed by atoms with E-state index in [1.54, 1.807) is 37.3 Å². The molecule has 4 amide bonds. The molecule has 1 aromatic heterocycles. The number of ether oxygens (including phenoxy) is 3. The molecule has 20 heteroatoms. The zero-order valence-electron chi connectivity index (χ0n) is 33.2. The average Bonchev–Trinajstić information content (AvgIpc) is 4.06. The van der Waals surface area contributed by atoms with Crippen molar-refractivity contribution in [1.82, 2.24) is 25.2 Å². The number of sulfonamides is 1. The van der Waals surface area contributed by atoms with Crippen molar-refractivity contribution in [3.8, 4) is 11.6 Å². The first kappa shape index (κ1) is 44.2. The third kappa shape index (κ3) is 8.77. The molecule has 3 N–H and O–H groups in total. The third-order valence-corrected chi connectivity index (χ3v) is 14.3. The van der Waals surface area contributed by atoms with E-state index in [0.29, 0.717) is 54.7 Å². The van der Waals surface area contributed by atoms with Gasteiger partial charge < -0.3 is 29.7 Å². The van der Waals surface area contributed by atoms with Crippen LogP contribution in [-0.2, 0) is 29.1 Å². The van der Waals surface area contributed by atoms with Crippen LogP contribution in [0.25, 0.3) is 10.8 Å². The molecular weight excluding hydrogens is 826 g/mol. The van der Waals surface area contributed by atoms with E-state index < -0.39 is 92.6 Å². The van der Waals surface area contributed by atoms with Crippen LogP contribution in [0, 0.1) is 17.8 Å². The van der Waals surface area contributed by atoms with Crippen molar-refractivity contribution in [3.05, 3.63) is 41.6 Å². The molecule has 1 saturated heterocycles. The maximum Gasteiger partial charge on any atom is 0.427 e. The summed E-state index contributed by atoms with van der Waals surface area (Å²) in [4.78, 5) is 61.8. The molecule has 324 valence electrons. The molecular formula is C39H48ClF4N5O9S. The standard InChI is InChI=1S/C39H48ClF4N5O9S/c1-21-9-6-7-10-23-17-38(23,34(52)48-59(54,55)37(20-41)13-14-37)47-31(50)27-16-24(57-32-25-11-8-12-26(40)29(25)28(56-5)18-45-32)19-49(27)33(51)30(22(2)15-21)46-35(53)58-36(3,4)39(42,43)44/h7-8,10-12,18,21-24,27,30H,6,9,13-17,19-20H2,1-5H3,(H,46,53)(H,47,50)(H,48,52)/t21-,22-,23-,24-,27+,30+,38-/m1/s1. The SMILES string of the molecule is COc1cnc(O[C@@H]2C[C@H]3C(=O)N[C@]4(C(=O)NS(=O)(=O)C5(CF)CC5)C[C@H]4C=CCC[C@@H](C)C[C@@H](C)[C@H](NC(=O)OC(C)(C)C(F)(F)F)C(=O)N3C2)c2cccc(Cl)c12. The van der Waals surface area contributed by atoms with Crippen molar-refractivity contribution < 1.29 is 59.4 Å². The summed E-state index contributed by atoms with van der Waals surface area (Å²) >= 11 is 6.50. The molecule has 2 aliphatic carbocycles. The summed E-state index contributed by atoms with van der Waals surface area (Å²) < 4.78 is 98.2. The maximum atomic E-state index is 14.7. The van der Waals surface area contributed by atoms with Gasteiger partial charge in [0.2, 0.25) is 33.3 Å². The van der Waals surface area contributed by atoms with Crippen molar-refractivity contribution in [2.24, 2.45) is 17.8 Å². The van der Waals surface area contributed by atoms with Crippen LogP contribution in [0.4, 0.5) is 22.4 Å². The highest BCUT2D eigenvalue weighted by molar-refractivity contribution is 7.91. The Balaban J connectivity index is 1.37. The van der Waals surface area contributed by atoms with E-state index in [2.05, 4.69) is 15.6 Å². The molecule has 2 aromatic rings. The van der Waals surface area contributed by atoms with Gasteiger partial charge in [-0.1, -0.05) is 43.7 Å². The monoisotopic (exact) mass is 873 g/mol. The van der Waals surface area contributed by atoms with Crippen LogP contribution in [0.15, 0.2) is 36.5 Å². The normalized spacial score (nSPS) is 28.6. The Labute approximate surface area is 344 Å². The van der Waals surface area contributed by atoms with Gasteiger partial charge in [0.25, 0.3) is 5.91 Å². The Hall–Kier alpha value is -4.39. The summed E-state index contributed by atoms with van der Waals surface area (Å²) in [7, 11) is -3.04. The second-order valence-electron chi connectivity index (χ2n) is 16.6. The molecule has 3 fully saturated rings. The Morgan fingerprint density at radius 2 is 1.85 bits per heavy atom. The molecule has 0 spiro atoms. The molecule has 14 nitrogen and oxygen atoms in total. The van der Waals surface area contributed by atoms with Crippen molar-refractivity contribution in [2.45, 2.75) is 113 Å². The number of rotatable bonds is 9. The molecule has 59 heavy (non-hydrogen) atoms. The van der Waals surface area contributed by atoms with Crippen molar-refractivity contribution >= 4 is 56.2 Å². The predicted octanol–water partition coefficient (Wildman–Crippen LogP) is 5.52. The van der Waals surface area contributed by atoms with Crippen LogP contribution >= 0.6 is 11.6 Å². The second-order valence-corrected chi connectivity index (χ2v) is 19.1. The van der Waals surface area contributed by atoms with Gasteiger partial charge in [-0.25, -0.2) is 22.6 Å². The minimum Gasteiger partial charge on any atom is -0.494 e. The molecule has 2 aliphatic heterocycles. The van der Waals surface area contributed by atoms with Gasteiger partial charge >= 0.3 is 12.3 Å². The zero-order chi connectivity index (χ0) is 43.3. The van der Waals surface area contributed by atoms with Crippen LogP contribution in [0.5, 0.6) is 11.6 Å². The summed E-state index contributed by atoms with van der Waals surface area (Å²) in [6, 6.07) is 2.08. The molecule has 0 bridgehead atoms. The number of nitrogens with zero attached hydrogens (tertiary/aromatic N) is 2. The molecule has 0 radical (unpaired) electrons. The van der Waals surface area contributed by atoms with Crippen LogP contribution in [0.2, 0.25) is 5.02 Å². The van der Waals surface area contributed by atoms with E-state index in [4.69, 9.17) is 25.8 Å². The molecule has 6 rings (SSSR count). The predicted molar refractivity (Wildman–Crippen MR) is 207 cm³/mol. The molecule has 4 aliphatic rings. The van der Waals surface area contributed by atoms with Gasteiger partial charge in [0, 0.05) is 23.1 Å². The van der Waals surface area contributed by atoms with E-state index >= 15 is 0 Å². The fourth-order valence-electron chi connectivity index (χ4n) is 7.81. The van der Waals surface area contributed by atoms with Gasteiger partial charge in [0.05, 0.1) is 24.9 Å². The topological polar surface area (TPSA) is 182 Å². The van der Waals surface area contributed by atoms with E-state index in [9.17, 15) is 45.2 Å². The fraction of sp³-hybridized carbons (Fsp3) is 0.615. The van der Waals surface area contributed by atoms with E-state index in [1.165, 1.54) is 13.3 Å². The number of hydrogen-bond donors (Lipinski definition) is 3. The number of fused-ring (bicyclic) bond motifs is 3. The number of carbonyl (C=O) groups excluding carboxylic acids is 4. The lowest BCUT2D eigenvalue weighted by molar-refractivity contribution is -0.244. The van der Waals surface area contributed by atoms with Gasteiger partial charge in [0.1, 0.15) is 40.9 Å². The van der Waals surface area contributed by atoms with Crippen molar-refractivity contribution in [2.75, 3.05) is 20.3 Å². The van der Waals surface area contributed by atoms with Crippen LogP contribution in [0.3, 0.4) is 0 Å². The number of carbonyl (C=O) groups is 4. The van der Waals surface area contributed by atoms with Crippen LogP contribution in [-0.4, -0.2) is 103 Å². The first-order chi connectivity index (χ1) is 27.6. The Bertz CT molecular complexity index is 2140. The number of nitrogens with one attached hydrogen (secondary N) is 3. The minimum absolute atomic E-state index is 0.0000694. The summed E-state index contributed by atoms with van der Waals surface area (Å²) in [5, 5.41) is 6.31. The summed E-state index contributed by atoms with van der Waals surface area (Å²) in [6.45, 7) is 3.40. The molecule has 2 saturated carbocycles. The van der Waals surface area contributed by atoms with Crippen molar-refractivity contribution in [1.29, 1.82) is 0 Å². The summed E-state index contributed by atoms with van der Waals surface area (Å²) in [5.74, 6) is -3.77. The van der Waals surface area contributed by atoms with Gasteiger partial charge in [-0.2, -0.15) is 13.2 Å². The van der Waals surface area contributed by atoms with Crippen LogP contribution < -0.4 is 24.8 Å². The number of benzene rings is 1. The summed E-state index contributed by atoms with van der Waals surface area (Å²) in [5.41, 5.74) is -4.70. The lowest BCUT2D eigenvalue weighted by Gasteiger charge is -2.34. The summed E-state index contributed by atoms with van der Waals surface area (Å²) in [6.07, 6.45) is -1.29. The Morgan fingerprint density at radius 1 is 1.14 bits per heavy atom. The lowest BCUT2D eigenvalue weighted by atomic mass is 9.88. The lowest BCUT2D eigenvalue weighted by Crippen LogP contribution is -2.60. The largest absolute Gasteiger partial charge is 0.494 e. The quantitative estimate of drug-likeness (QED) is 0.215. The maximum absolute atomic E-state index is 14.7. The van der Waals surface area contributed by atoms with Crippen LogP contribution in [0.1, 0.15) is 72.6 Å². The number of alkyl halides is 4. The number of alkyl carbamates (subject to hydrolysis) is 1. The first-order valence-corrected chi connectivity index (χ1v) is 21.2. The Kier molecular flexibility index (Phi) is 12.2. The molecule has 3 heterocycles. The number of hydrogen-bond acceptors (Lipinski definition) is 10. The van der Waals surface area contributed by atoms with Gasteiger partial charge in [-0.05, 0) is 76.3 Å². The molecule has 7 atom stereocenters. The first-order valence-electron chi connectivity index (χ1n) is 19.3. The zero-order valence-corrected chi connectivity index (χ0v) is 34.7. The van der Waals surface area contributed by atoms with E-state index in [0.717, 1.165) is 4.90 Å². The highest BCUT2D eigenvalue weighted by Crippen LogP contribution is 2.48. The number of methoxy groups -OCH3 is 1. The van der Waals surface area contributed by atoms with E-state index in [-0.39, 0.29) is 44.0 Å². The van der Waals surface area contributed by atoms with Crippen molar-refractivity contribution in [3.63, 3.8) is 0 Å². The number of allylic oxidation sites excluding steroid dienone is 1. The number of aromatic nitrogens is 1. The second kappa shape index (κ2) is 16.2. The molecule has 1 aromatic carbocycles. The number of amides is 4. The van der Waals surface area contributed by atoms with Gasteiger partial charge in [0.15, 0.2) is 0 Å². The molecule has 0 unspecified atom stereocenters. The van der Waals surface area contributed by atoms with E-state index in [1.807, 2.05) is 11.6 Å². The average molecular weight is 874 g/mol. The minimum atomic E-state index is -4.94. The fourth-order valence-corrected chi connectivity index (χ4v) is 9.50. The third-order valence-electron chi connectivity index (χ3n) is 11.9. The Morgan fingerprint density at radius 3 is 2.49 bits per heavy atom. The smallest absolute Gasteiger partial charge is 0.427 e. The highest BCUT2D eigenvalue weighted by Gasteiger charge is 2.64. The number of halogens is 5. The highest BCUT2D eigenvalue weighted by atomic mass is 35.5. The number of pyridine rings is 1.